The van der Waals surface area contributed by atoms with Crippen molar-refractivity contribution in [3.63, 3.8) is 0 Å². The van der Waals surface area contributed by atoms with Crippen molar-refractivity contribution in [1.29, 1.82) is 0 Å². The van der Waals surface area contributed by atoms with Gasteiger partial charge in [-0.3, -0.25) is 4.79 Å². The first-order valence-corrected chi connectivity index (χ1v) is 8.98. The molecule has 5 heteroatoms. The number of benzene rings is 3. The van der Waals surface area contributed by atoms with Gasteiger partial charge in [0.2, 0.25) is 0 Å². The summed E-state index contributed by atoms with van der Waals surface area (Å²) in [7, 11) is 1.32. The Morgan fingerprint density at radius 2 is 1.77 bits per heavy atom. The van der Waals surface area contributed by atoms with Crippen LogP contribution in [0.4, 0.5) is 0 Å². The van der Waals surface area contributed by atoms with E-state index in [0.29, 0.717) is 12.0 Å². The number of rotatable bonds is 5. The van der Waals surface area contributed by atoms with Gasteiger partial charge in [0.1, 0.15) is 6.04 Å². The van der Waals surface area contributed by atoms with E-state index in [4.69, 9.17) is 4.74 Å². The number of esters is 1. The van der Waals surface area contributed by atoms with Crippen LogP contribution in [0, 0.1) is 0 Å². The highest BCUT2D eigenvalue weighted by atomic mass is 79.9. The van der Waals surface area contributed by atoms with E-state index in [-0.39, 0.29) is 5.91 Å². The number of carbonyl (C=O) groups is 2. The minimum Gasteiger partial charge on any atom is -0.467 e. The minimum absolute atomic E-state index is 0.317. The van der Waals surface area contributed by atoms with E-state index in [1.807, 2.05) is 48.5 Å². The molecule has 0 bridgehead atoms. The fraction of sp³-hybridized carbons (Fsp3) is 0.143. The van der Waals surface area contributed by atoms with Gasteiger partial charge < -0.3 is 10.1 Å². The lowest BCUT2D eigenvalue weighted by Gasteiger charge is -2.17. The summed E-state index contributed by atoms with van der Waals surface area (Å²) >= 11 is 3.34. The van der Waals surface area contributed by atoms with Crippen LogP contribution in [-0.2, 0) is 16.0 Å². The Morgan fingerprint density at radius 3 is 2.50 bits per heavy atom. The van der Waals surface area contributed by atoms with Gasteiger partial charge in [0.05, 0.1) is 7.11 Å². The average Bonchev–Trinajstić information content (AvgIpc) is 2.66. The van der Waals surface area contributed by atoms with E-state index in [1.54, 1.807) is 18.2 Å². The van der Waals surface area contributed by atoms with E-state index >= 15 is 0 Å². The highest BCUT2D eigenvalue weighted by molar-refractivity contribution is 9.10. The summed E-state index contributed by atoms with van der Waals surface area (Å²) in [5, 5.41) is 4.99. The molecule has 132 valence electrons. The molecule has 1 N–H and O–H groups in total. The number of amides is 1. The van der Waals surface area contributed by atoms with Gasteiger partial charge in [-0.25, -0.2) is 4.79 Å². The van der Waals surface area contributed by atoms with E-state index in [2.05, 4.69) is 21.2 Å². The van der Waals surface area contributed by atoms with Crippen LogP contribution in [0.3, 0.4) is 0 Å². The third-order valence-electron chi connectivity index (χ3n) is 4.13. The van der Waals surface area contributed by atoms with Gasteiger partial charge in [0.25, 0.3) is 5.91 Å². The average molecular weight is 412 g/mol. The third kappa shape index (κ3) is 4.29. The zero-order valence-corrected chi connectivity index (χ0v) is 15.8. The molecule has 0 spiro atoms. The number of ether oxygens (including phenoxy) is 1. The Balaban J connectivity index is 1.81. The Kier molecular flexibility index (Phi) is 5.68. The summed E-state index contributed by atoms with van der Waals surface area (Å²) in [6.07, 6.45) is 0.358. The molecule has 1 amide bonds. The van der Waals surface area contributed by atoms with Crippen LogP contribution in [0.5, 0.6) is 0 Å². The second kappa shape index (κ2) is 8.15. The van der Waals surface area contributed by atoms with Crippen LogP contribution < -0.4 is 5.32 Å². The number of hydrogen-bond acceptors (Lipinski definition) is 3. The van der Waals surface area contributed by atoms with Crippen LogP contribution >= 0.6 is 15.9 Å². The zero-order chi connectivity index (χ0) is 18.5. The van der Waals surface area contributed by atoms with Crippen molar-refractivity contribution < 1.29 is 14.3 Å². The number of fused-ring (bicyclic) bond motifs is 1. The molecule has 0 radical (unpaired) electrons. The molecule has 3 rings (SSSR count). The summed E-state index contributed by atoms with van der Waals surface area (Å²) in [6, 6.07) is 20.3. The molecule has 4 nitrogen and oxygen atoms in total. The lowest BCUT2D eigenvalue weighted by Crippen LogP contribution is -2.43. The number of halogens is 1. The molecule has 3 aromatic rings. The molecule has 0 aromatic heterocycles. The van der Waals surface area contributed by atoms with Gasteiger partial charge in [-0.2, -0.15) is 0 Å². The Bertz CT molecular complexity index is 955. The maximum absolute atomic E-state index is 12.5. The summed E-state index contributed by atoms with van der Waals surface area (Å²) in [6.45, 7) is 0. The summed E-state index contributed by atoms with van der Waals surface area (Å²) in [5.74, 6) is -0.788. The number of hydrogen-bond donors (Lipinski definition) is 1. The Labute approximate surface area is 160 Å². The van der Waals surface area contributed by atoms with Crippen molar-refractivity contribution in [2.75, 3.05) is 7.11 Å². The van der Waals surface area contributed by atoms with Crippen LogP contribution in [0.2, 0.25) is 0 Å². The molecule has 0 aliphatic heterocycles. The quantitative estimate of drug-likeness (QED) is 0.642. The monoisotopic (exact) mass is 411 g/mol. The molecule has 3 aromatic carbocycles. The fourth-order valence-corrected chi connectivity index (χ4v) is 3.21. The molecular weight excluding hydrogens is 394 g/mol. The summed E-state index contributed by atoms with van der Waals surface area (Å²) < 4.78 is 5.67. The Morgan fingerprint density at radius 1 is 1.00 bits per heavy atom. The second-order valence-corrected chi connectivity index (χ2v) is 6.86. The zero-order valence-electron chi connectivity index (χ0n) is 14.2. The van der Waals surface area contributed by atoms with Crippen molar-refractivity contribution in [2.45, 2.75) is 12.5 Å². The minimum atomic E-state index is -0.757. The number of nitrogens with one attached hydrogen (secondary N) is 1. The molecule has 26 heavy (non-hydrogen) atoms. The van der Waals surface area contributed by atoms with Crippen LogP contribution in [0.25, 0.3) is 10.8 Å². The smallest absolute Gasteiger partial charge is 0.328 e. The Hall–Kier alpha value is -2.66. The van der Waals surface area contributed by atoms with Crippen LogP contribution in [0.1, 0.15) is 15.9 Å². The van der Waals surface area contributed by atoms with Crippen molar-refractivity contribution >= 4 is 38.6 Å². The highest BCUT2D eigenvalue weighted by Gasteiger charge is 2.22. The number of methoxy groups -OCH3 is 1. The van der Waals surface area contributed by atoms with Gasteiger partial charge in [-0.15, -0.1) is 0 Å². The molecule has 1 atom stereocenters. The highest BCUT2D eigenvalue weighted by Crippen LogP contribution is 2.17. The summed E-state index contributed by atoms with van der Waals surface area (Å²) in [4.78, 5) is 24.7. The van der Waals surface area contributed by atoms with Gasteiger partial charge >= 0.3 is 5.97 Å². The van der Waals surface area contributed by atoms with Crippen LogP contribution in [0.15, 0.2) is 71.2 Å². The van der Waals surface area contributed by atoms with Crippen molar-refractivity contribution in [3.05, 3.63) is 82.3 Å². The number of carbonyl (C=O) groups excluding carboxylic acids is 2. The standard InChI is InChI=1S/C21H18BrNO3/c1-26-21(25)19(23-20(24)17-7-4-8-18(22)13-17)12-14-9-10-15-5-2-3-6-16(15)11-14/h2-11,13,19H,12H2,1H3,(H,23,24)/t19-/m1/s1. The molecule has 0 saturated heterocycles. The van der Waals surface area contributed by atoms with Crippen LogP contribution in [-0.4, -0.2) is 25.0 Å². The predicted octanol–water partition coefficient (Wildman–Crippen LogP) is 4.12. The molecule has 0 aliphatic carbocycles. The molecule has 0 saturated carbocycles. The molecule has 0 fully saturated rings. The molecule has 0 unspecified atom stereocenters. The lowest BCUT2D eigenvalue weighted by atomic mass is 10.0. The maximum Gasteiger partial charge on any atom is 0.328 e. The van der Waals surface area contributed by atoms with E-state index in [0.717, 1.165) is 20.8 Å². The third-order valence-corrected chi connectivity index (χ3v) is 4.62. The second-order valence-electron chi connectivity index (χ2n) is 5.95. The van der Waals surface area contributed by atoms with E-state index in [1.165, 1.54) is 7.11 Å². The first kappa shape index (κ1) is 18.1. The lowest BCUT2D eigenvalue weighted by molar-refractivity contribution is -0.142. The molecule has 0 heterocycles. The van der Waals surface area contributed by atoms with Crippen molar-refractivity contribution in [2.24, 2.45) is 0 Å². The molecule has 0 aliphatic rings. The first-order chi connectivity index (χ1) is 12.6. The van der Waals surface area contributed by atoms with Gasteiger partial charge in [0.15, 0.2) is 0 Å². The first-order valence-electron chi connectivity index (χ1n) is 8.19. The normalized spacial score (nSPS) is 11.8. The fourth-order valence-electron chi connectivity index (χ4n) is 2.81. The van der Waals surface area contributed by atoms with E-state index in [9.17, 15) is 9.59 Å². The predicted molar refractivity (Wildman–Crippen MR) is 105 cm³/mol. The largest absolute Gasteiger partial charge is 0.467 e. The topological polar surface area (TPSA) is 55.4 Å². The SMILES string of the molecule is COC(=O)[C@@H](Cc1ccc2ccccc2c1)NC(=O)c1cccc(Br)c1. The summed E-state index contributed by atoms with van der Waals surface area (Å²) in [5.41, 5.74) is 1.43. The molecular formula is C21H18BrNO3. The van der Waals surface area contributed by atoms with Crippen molar-refractivity contribution in [1.82, 2.24) is 5.32 Å². The van der Waals surface area contributed by atoms with Gasteiger partial charge in [-0.05, 0) is 34.5 Å². The maximum atomic E-state index is 12.5. The van der Waals surface area contributed by atoms with Crippen molar-refractivity contribution in [3.8, 4) is 0 Å². The van der Waals surface area contributed by atoms with E-state index < -0.39 is 12.0 Å². The van der Waals surface area contributed by atoms with Gasteiger partial charge in [0, 0.05) is 16.5 Å². The van der Waals surface area contributed by atoms with Gasteiger partial charge in [-0.1, -0.05) is 64.5 Å².